The van der Waals surface area contributed by atoms with Crippen LogP contribution in [0, 0.1) is 5.92 Å². The molecule has 1 aromatic rings. The second-order valence-electron chi connectivity index (χ2n) is 7.67. The first-order valence-corrected chi connectivity index (χ1v) is 10.4. The molecule has 1 aliphatic carbocycles. The third-order valence-corrected chi connectivity index (χ3v) is 6.89. The van der Waals surface area contributed by atoms with Gasteiger partial charge in [0, 0.05) is 28.2 Å². The zero-order chi connectivity index (χ0) is 19.8. The van der Waals surface area contributed by atoms with Gasteiger partial charge in [0.2, 0.25) is 0 Å². The Labute approximate surface area is 170 Å². The molecule has 6 heteroatoms. The van der Waals surface area contributed by atoms with Crippen LogP contribution >= 0.6 is 23.4 Å². The molecule has 1 heterocycles. The first-order valence-electron chi connectivity index (χ1n) is 9.19. The van der Waals surface area contributed by atoms with E-state index in [0.29, 0.717) is 22.3 Å². The number of halogens is 1. The van der Waals surface area contributed by atoms with Crippen molar-refractivity contribution in [2.45, 2.75) is 45.6 Å². The largest absolute Gasteiger partial charge is 0.496 e. The van der Waals surface area contributed by atoms with E-state index >= 15 is 0 Å². The molecule has 0 atom stereocenters. The maximum atomic E-state index is 13.0. The van der Waals surface area contributed by atoms with Crippen LogP contribution < -0.4 is 4.74 Å². The number of nitrogens with zero attached hydrogens (tertiary/aromatic N) is 1. The molecular weight excluding hydrogens is 382 g/mol. The Morgan fingerprint density at radius 2 is 2.15 bits per heavy atom. The van der Waals surface area contributed by atoms with E-state index in [1.807, 2.05) is 6.92 Å². The van der Waals surface area contributed by atoms with Crippen LogP contribution in [0.4, 0.5) is 0 Å². The van der Waals surface area contributed by atoms with Crippen LogP contribution in [0.15, 0.2) is 39.9 Å². The monoisotopic (exact) mass is 407 g/mol. The molecule has 0 unspecified atom stereocenters. The van der Waals surface area contributed by atoms with Crippen LogP contribution in [0.1, 0.15) is 50.4 Å². The number of hydrogen-bond acceptors (Lipinski definition) is 5. The maximum Gasteiger partial charge on any atom is 0.192 e. The molecule has 4 nitrogen and oxygen atoms in total. The Balaban J connectivity index is 1.93. The van der Waals surface area contributed by atoms with Crippen LogP contribution in [-0.4, -0.2) is 35.0 Å². The normalized spacial score (nSPS) is 19.6. The molecule has 1 aromatic carbocycles. The summed E-state index contributed by atoms with van der Waals surface area (Å²) in [4.78, 5) is 16.0. The second kappa shape index (κ2) is 7.90. The molecule has 1 fully saturated rings. The number of carbonyl (C=O) groups is 1. The van der Waals surface area contributed by atoms with Gasteiger partial charge in [0.15, 0.2) is 5.78 Å². The number of carbonyl (C=O) groups excluding carboxylic acids is 1. The second-order valence-corrected chi connectivity index (χ2v) is 9.14. The summed E-state index contributed by atoms with van der Waals surface area (Å²) in [6.45, 7) is 6.46. The first kappa shape index (κ1) is 20.3. The van der Waals surface area contributed by atoms with Crippen molar-refractivity contribution in [3.63, 3.8) is 0 Å². The highest BCUT2D eigenvalue weighted by molar-refractivity contribution is 8.07. The van der Waals surface area contributed by atoms with Crippen molar-refractivity contribution in [3.05, 3.63) is 50.5 Å². The van der Waals surface area contributed by atoms with E-state index in [0.717, 1.165) is 22.2 Å². The Morgan fingerprint density at radius 1 is 1.44 bits per heavy atom. The van der Waals surface area contributed by atoms with Crippen molar-refractivity contribution in [1.82, 2.24) is 4.90 Å². The number of methoxy groups -OCH3 is 1. The Morgan fingerprint density at radius 3 is 2.70 bits per heavy atom. The molecule has 3 rings (SSSR count). The van der Waals surface area contributed by atoms with E-state index in [-0.39, 0.29) is 5.78 Å². The summed E-state index contributed by atoms with van der Waals surface area (Å²) < 4.78 is 5.32. The van der Waals surface area contributed by atoms with Gasteiger partial charge in [-0.1, -0.05) is 29.8 Å². The lowest BCUT2D eigenvalue weighted by atomic mass is 9.85. The third-order valence-electron chi connectivity index (χ3n) is 5.11. The number of benzene rings is 1. The van der Waals surface area contributed by atoms with Crippen molar-refractivity contribution in [2.75, 3.05) is 13.7 Å². The lowest BCUT2D eigenvalue weighted by Gasteiger charge is -2.32. The molecule has 0 amide bonds. The molecule has 2 aliphatic rings. The standard InChI is InChI=1S/C21H26ClNO3S/c1-13-20(21(2,3)25)27-19(23(13)12-14-6-5-7-14)11-17(24)16-10-15(22)8-9-18(16)26-4/h8-11,14,25H,5-7,12H2,1-4H3/b19-11+. The summed E-state index contributed by atoms with van der Waals surface area (Å²) in [6.07, 6.45) is 5.34. The molecule has 1 saturated carbocycles. The van der Waals surface area contributed by atoms with E-state index < -0.39 is 5.60 Å². The highest BCUT2D eigenvalue weighted by Gasteiger charge is 2.35. The smallest absolute Gasteiger partial charge is 0.192 e. The Kier molecular flexibility index (Phi) is 5.94. The zero-order valence-electron chi connectivity index (χ0n) is 16.2. The summed E-state index contributed by atoms with van der Waals surface area (Å²) >= 11 is 7.55. The number of allylic oxidation sites excluding steroid dienone is 2. The van der Waals surface area contributed by atoms with Gasteiger partial charge in [-0.15, -0.1) is 0 Å². The van der Waals surface area contributed by atoms with Gasteiger partial charge in [-0.3, -0.25) is 4.79 Å². The molecule has 146 valence electrons. The maximum absolute atomic E-state index is 13.0. The molecule has 0 spiro atoms. The number of hydrogen-bond donors (Lipinski definition) is 1. The number of rotatable bonds is 6. The molecule has 0 radical (unpaired) electrons. The van der Waals surface area contributed by atoms with Gasteiger partial charge in [0.05, 0.1) is 23.3 Å². The van der Waals surface area contributed by atoms with Crippen molar-refractivity contribution in [3.8, 4) is 5.75 Å². The summed E-state index contributed by atoms with van der Waals surface area (Å²) in [6, 6.07) is 5.04. The van der Waals surface area contributed by atoms with Crippen LogP contribution in [0.2, 0.25) is 5.02 Å². The fourth-order valence-electron chi connectivity index (χ4n) is 3.42. The lowest BCUT2D eigenvalue weighted by Crippen LogP contribution is -2.29. The highest BCUT2D eigenvalue weighted by atomic mass is 35.5. The molecule has 0 saturated heterocycles. The van der Waals surface area contributed by atoms with E-state index in [1.165, 1.54) is 31.0 Å². The topological polar surface area (TPSA) is 49.8 Å². The fourth-order valence-corrected chi connectivity index (χ4v) is 4.80. The third kappa shape index (κ3) is 4.36. The summed E-state index contributed by atoms with van der Waals surface area (Å²) in [5.41, 5.74) is 0.520. The van der Waals surface area contributed by atoms with Gasteiger partial charge in [-0.2, -0.15) is 0 Å². The van der Waals surface area contributed by atoms with Crippen LogP contribution in [-0.2, 0) is 0 Å². The average Bonchev–Trinajstić information content (AvgIpc) is 2.87. The van der Waals surface area contributed by atoms with Gasteiger partial charge in [0.25, 0.3) is 0 Å². The van der Waals surface area contributed by atoms with Crippen LogP contribution in [0.5, 0.6) is 5.75 Å². The van der Waals surface area contributed by atoms with Gasteiger partial charge < -0.3 is 14.7 Å². The highest BCUT2D eigenvalue weighted by Crippen LogP contribution is 2.47. The molecule has 0 bridgehead atoms. The minimum atomic E-state index is -0.945. The number of ether oxygens (including phenoxy) is 1. The van der Waals surface area contributed by atoms with Gasteiger partial charge in [-0.25, -0.2) is 0 Å². The fraction of sp³-hybridized carbons (Fsp3) is 0.476. The summed E-state index contributed by atoms with van der Waals surface area (Å²) in [7, 11) is 1.54. The van der Waals surface area contributed by atoms with Crippen LogP contribution in [0.25, 0.3) is 0 Å². The van der Waals surface area contributed by atoms with E-state index in [2.05, 4.69) is 4.90 Å². The van der Waals surface area contributed by atoms with Gasteiger partial charge in [-0.05, 0) is 57.7 Å². The van der Waals surface area contributed by atoms with Crippen molar-refractivity contribution in [2.24, 2.45) is 5.92 Å². The van der Waals surface area contributed by atoms with Crippen molar-refractivity contribution in [1.29, 1.82) is 0 Å². The minimum Gasteiger partial charge on any atom is -0.496 e. The molecule has 27 heavy (non-hydrogen) atoms. The predicted molar refractivity (Wildman–Crippen MR) is 111 cm³/mol. The predicted octanol–water partition coefficient (Wildman–Crippen LogP) is 5.22. The number of ketones is 1. The number of aliphatic hydroxyl groups is 1. The van der Waals surface area contributed by atoms with Crippen molar-refractivity contribution < 1.29 is 14.6 Å². The average molecular weight is 408 g/mol. The van der Waals surface area contributed by atoms with Gasteiger partial charge >= 0.3 is 0 Å². The molecule has 0 aromatic heterocycles. The van der Waals surface area contributed by atoms with Crippen LogP contribution in [0.3, 0.4) is 0 Å². The molecule has 1 aliphatic heterocycles. The van der Waals surface area contributed by atoms with E-state index in [4.69, 9.17) is 16.3 Å². The van der Waals surface area contributed by atoms with Crippen molar-refractivity contribution >= 4 is 29.1 Å². The summed E-state index contributed by atoms with van der Waals surface area (Å²) in [5.74, 6) is 0.989. The SMILES string of the molecule is COc1ccc(Cl)cc1C(=O)/C=C1/SC(C(C)(C)O)=C(C)N1CC1CCC1. The van der Waals surface area contributed by atoms with Gasteiger partial charge in [0.1, 0.15) is 5.75 Å². The van der Waals surface area contributed by atoms with E-state index in [1.54, 1.807) is 45.2 Å². The molecule has 1 N–H and O–H groups in total. The quantitative estimate of drug-likeness (QED) is 0.517. The summed E-state index contributed by atoms with van der Waals surface area (Å²) in [5, 5.41) is 11.9. The Hall–Kier alpha value is -1.43. The molecular formula is C21H26ClNO3S. The minimum absolute atomic E-state index is 0.153. The zero-order valence-corrected chi connectivity index (χ0v) is 17.8. The Bertz CT molecular complexity index is 806. The van der Waals surface area contributed by atoms with E-state index in [9.17, 15) is 9.90 Å². The lowest BCUT2D eigenvalue weighted by molar-refractivity contribution is 0.104. The number of thioether (sulfide) groups is 1. The first-order chi connectivity index (χ1) is 12.7.